The van der Waals surface area contributed by atoms with Gasteiger partial charge in [-0.25, -0.2) is 0 Å². The van der Waals surface area contributed by atoms with Gasteiger partial charge in [-0.3, -0.25) is 4.79 Å². The van der Waals surface area contributed by atoms with Crippen LogP contribution >= 0.6 is 11.8 Å². The first-order valence-corrected chi connectivity index (χ1v) is 9.44. The van der Waals surface area contributed by atoms with E-state index in [1.54, 1.807) is 11.8 Å². The molecular weight excluding hydrogens is 342 g/mol. The lowest BCUT2D eigenvalue weighted by atomic mass is 9.89. The predicted octanol–water partition coefficient (Wildman–Crippen LogP) is 4.99. The van der Waals surface area contributed by atoms with Crippen LogP contribution in [-0.4, -0.2) is 12.4 Å². The van der Waals surface area contributed by atoms with Crippen molar-refractivity contribution in [3.05, 3.63) is 90.0 Å². The third-order valence-electron chi connectivity index (χ3n) is 4.57. The van der Waals surface area contributed by atoms with E-state index >= 15 is 0 Å². The first kappa shape index (κ1) is 16.7. The third kappa shape index (κ3) is 3.20. The second kappa shape index (κ2) is 7.26. The lowest BCUT2D eigenvalue weighted by molar-refractivity contribution is 0.0827. The Hall–Kier alpha value is -2.72. The van der Waals surface area contributed by atoms with Crippen LogP contribution < -0.4 is 10.5 Å². The Labute approximate surface area is 157 Å². The van der Waals surface area contributed by atoms with Gasteiger partial charge in [-0.2, -0.15) is 0 Å². The maximum atomic E-state index is 13.2. The van der Waals surface area contributed by atoms with E-state index in [2.05, 4.69) is 12.1 Å². The zero-order chi connectivity index (χ0) is 17.9. The summed E-state index contributed by atoms with van der Waals surface area (Å²) >= 11 is 1.63. The molecule has 1 heterocycles. The van der Waals surface area contributed by atoms with Gasteiger partial charge in [0.25, 0.3) is 0 Å². The molecule has 0 amide bonds. The van der Waals surface area contributed by atoms with E-state index < -0.39 is 0 Å². The molecule has 4 heteroatoms. The number of benzene rings is 3. The summed E-state index contributed by atoms with van der Waals surface area (Å²) in [5.74, 6) is 0.532. The Kier molecular flexibility index (Phi) is 4.67. The molecule has 26 heavy (non-hydrogen) atoms. The smallest absolute Gasteiger partial charge is 0.174 e. The highest BCUT2D eigenvalue weighted by Gasteiger charge is 2.36. The molecule has 0 saturated carbocycles. The van der Waals surface area contributed by atoms with E-state index in [0.717, 1.165) is 16.1 Å². The number of anilines is 1. The maximum absolute atomic E-state index is 13.2. The number of nitrogen functional groups attached to an aromatic ring is 1. The van der Waals surface area contributed by atoms with Gasteiger partial charge in [0.15, 0.2) is 5.78 Å². The number of ether oxygens (including phenoxy) is 1. The van der Waals surface area contributed by atoms with Crippen molar-refractivity contribution >= 4 is 23.2 Å². The van der Waals surface area contributed by atoms with E-state index in [0.29, 0.717) is 17.9 Å². The highest BCUT2D eigenvalue weighted by atomic mass is 32.2. The number of ketones is 1. The van der Waals surface area contributed by atoms with Gasteiger partial charge in [0.2, 0.25) is 0 Å². The fraction of sp³-hybridized carbons (Fsp3) is 0.136. The normalized spacial score (nSPS) is 17.2. The second-order valence-electron chi connectivity index (χ2n) is 6.26. The molecule has 1 aliphatic rings. The van der Waals surface area contributed by atoms with Gasteiger partial charge in [-0.05, 0) is 29.8 Å². The summed E-state index contributed by atoms with van der Waals surface area (Å²) in [5.41, 5.74) is 8.63. The molecule has 2 N–H and O–H groups in total. The van der Waals surface area contributed by atoms with Crippen LogP contribution in [0.2, 0.25) is 0 Å². The molecule has 0 aromatic heterocycles. The monoisotopic (exact) mass is 361 g/mol. The number of carbonyl (C=O) groups is 1. The van der Waals surface area contributed by atoms with Crippen LogP contribution in [0, 0.1) is 5.92 Å². The molecule has 0 saturated heterocycles. The van der Waals surface area contributed by atoms with Crippen molar-refractivity contribution in [3.8, 4) is 5.75 Å². The van der Waals surface area contributed by atoms with Crippen LogP contribution in [0.4, 0.5) is 5.69 Å². The molecule has 3 aromatic rings. The van der Waals surface area contributed by atoms with Crippen molar-refractivity contribution < 1.29 is 9.53 Å². The van der Waals surface area contributed by atoms with Crippen molar-refractivity contribution in [2.24, 2.45) is 5.92 Å². The quantitative estimate of drug-likeness (QED) is 0.525. The van der Waals surface area contributed by atoms with Crippen molar-refractivity contribution in [2.75, 3.05) is 12.3 Å². The Balaban J connectivity index is 1.72. The van der Waals surface area contributed by atoms with E-state index in [1.165, 1.54) is 0 Å². The molecule has 1 aliphatic heterocycles. The predicted molar refractivity (Wildman–Crippen MR) is 106 cm³/mol. The number of carbonyl (C=O) groups excluding carboxylic acids is 1. The van der Waals surface area contributed by atoms with E-state index in [9.17, 15) is 4.79 Å². The van der Waals surface area contributed by atoms with Crippen molar-refractivity contribution in [1.82, 2.24) is 0 Å². The Bertz CT molecular complexity index is 926. The Morgan fingerprint density at radius 1 is 0.923 bits per heavy atom. The molecule has 0 bridgehead atoms. The standard InChI is InChI=1S/C22H19NO2S/c23-18-11-5-7-13-20(18)26-22(15-8-2-1-3-9-15)17-14-25-19-12-6-4-10-16(19)21(17)24/h1-13,17,22H,14,23H2. The van der Waals surface area contributed by atoms with Crippen LogP contribution in [0.25, 0.3) is 0 Å². The van der Waals surface area contributed by atoms with Crippen LogP contribution in [0.3, 0.4) is 0 Å². The van der Waals surface area contributed by atoms with Crippen molar-refractivity contribution in [1.29, 1.82) is 0 Å². The minimum atomic E-state index is -0.267. The molecule has 4 rings (SSSR count). The summed E-state index contributed by atoms with van der Waals surface area (Å²) in [6, 6.07) is 25.3. The number of fused-ring (bicyclic) bond motifs is 1. The SMILES string of the molecule is Nc1ccccc1SC(c1ccccc1)C1COc2ccccc2C1=O. The second-order valence-corrected chi connectivity index (χ2v) is 7.45. The number of rotatable bonds is 4. The topological polar surface area (TPSA) is 52.3 Å². The van der Waals surface area contributed by atoms with Gasteiger partial charge < -0.3 is 10.5 Å². The van der Waals surface area contributed by atoms with E-state index in [-0.39, 0.29) is 17.0 Å². The largest absolute Gasteiger partial charge is 0.492 e. The molecule has 130 valence electrons. The first-order chi connectivity index (χ1) is 12.7. The van der Waals surface area contributed by atoms with Gasteiger partial charge in [-0.1, -0.05) is 54.6 Å². The highest BCUT2D eigenvalue weighted by Crippen LogP contribution is 2.45. The average molecular weight is 361 g/mol. The van der Waals surface area contributed by atoms with Crippen LogP contribution in [0.5, 0.6) is 5.75 Å². The Morgan fingerprint density at radius 2 is 1.62 bits per heavy atom. The summed E-state index contributed by atoms with van der Waals surface area (Å²) in [6.07, 6.45) is 0. The number of nitrogens with two attached hydrogens (primary N) is 1. The lowest BCUT2D eigenvalue weighted by Crippen LogP contribution is -2.31. The van der Waals surface area contributed by atoms with Crippen molar-refractivity contribution in [2.45, 2.75) is 10.1 Å². The van der Waals surface area contributed by atoms with E-state index in [1.807, 2.05) is 66.7 Å². The average Bonchev–Trinajstić information content (AvgIpc) is 2.69. The first-order valence-electron chi connectivity index (χ1n) is 8.56. The minimum Gasteiger partial charge on any atom is -0.492 e. The molecular formula is C22H19NO2S. The van der Waals surface area contributed by atoms with Crippen LogP contribution in [0.1, 0.15) is 21.2 Å². The third-order valence-corrected chi connectivity index (χ3v) is 6.05. The number of Topliss-reactive ketones (excluding diaryl/α,β-unsaturated/α-hetero) is 1. The molecule has 3 nitrogen and oxygen atoms in total. The van der Waals surface area contributed by atoms with Gasteiger partial charge in [0, 0.05) is 15.8 Å². The van der Waals surface area contributed by atoms with Crippen molar-refractivity contribution in [3.63, 3.8) is 0 Å². The molecule has 2 unspecified atom stereocenters. The molecule has 3 aromatic carbocycles. The summed E-state index contributed by atoms with van der Waals surface area (Å²) < 4.78 is 5.91. The zero-order valence-electron chi connectivity index (χ0n) is 14.2. The Morgan fingerprint density at radius 3 is 2.42 bits per heavy atom. The number of hydrogen-bond donors (Lipinski definition) is 1. The molecule has 0 fully saturated rings. The molecule has 0 aliphatic carbocycles. The summed E-state index contributed by atoms with van der Waals surface area (Å²) in [5, 5.41) is -0.0678. The van der Waals surface area contributed by atoms with Crippen LogP contribution in [-0.2, 0) is 0 Å². The molecule has 0 radical (unpaired) electrons. The number of hydrogen-bond acceptors (Lipinski definition) is 4. The fourth-order valence-corrected chi connectivity index (χ4v) is 4.52. The van der Waals surface area contributed by atoms with Crippen LogP contribution in [0.15, 0.2) is 83.8 Å². The summed E-state index contributed by atoms with van der Waals surface area (Å²) in [7, 11) is 0. The highest BCUT2D eigenvalue weighted by molar-refractivity contribution is 7.99. The minimum absolute atomic E-state index is 0.0678. The molecule has 0 spiro atoms. The zero-order valence-corrected chi connectivity index (χ0v) is 15.0. The van der Waals surface area contributed by atoms with Gasteiger partial charge in [0.05, 0.1) is 18.1 Å². The van der Waals surface area contributed by atoms with Gasteiger partial charge in [-0.15, -0.1) is 11.8 Å². The summed E-state index contributed by atoms with van der Waals surface area (Å²) in [4.78, 5) is 14.2. The van der Waals surface area contributed by atoms with Gasteiger partial charge >= 0.3 is 0 Å². The summed E-state index contributed by atoms with van der Waals surface area (Å²) in [6.45, 7) is 0.370. The van der Waals surface area contributed by atoms with E-state index in [4.69, 9.17) is 10.5 Å². The maximum Gasteiger partial charge on any atom is 0.174 e. The number of thioether (sulfide) groups is 1. The lowest BCUT2D eigenvalue weighted by Gasteiger charge is -2.30. The number of para-hydroxylation sites is 2. The van der Waals surface area contributed by atoms with Gasteiger partial charge in [0.1, 0.15) is 5.75 Å². The fourth-order valence-electron chi connectivity index (χ4n) is 3.23. The molecule has 2 atom stereocenters.